The second kappa shape index (κ2) is 9.64. The van der Waals surface area contributed by atoms with E-state index in [0.29, 0.717) is 17.9 Å². The van der Waals surface area contributed by atoms with Crippen LogP contribution in [0.4, 0.5) is 4.39 Å². The van der Waals surface area contributed by atoms with Crippen molar-refractivity contribution in [3.05, 3.63) is 82.4 Å². The van der Waals surface area contributed by atoms with Crippen molar-refractivity contribution in [2.45, 2.75) is 19.9 Å². The molecule has 0 aliphatic heterocycles. The molecule has 1 heterocycles. The first-order chi connectivity index (χ1) is 14.0. The third-order valence-electron chi connectivity index (χ3n) is 4.25. The molecule has 0 saturated carbocycles. The van der Waals surface area contributed by atoms with Gasteiger partial charge < -0.3 is 10.1 Å². The van der Waals surface area contributed by atoms with Gasteiger partial charge in [0.1, 0.15) is 11.6 Å². The largest absolute Gasteiger partial charge is 0.494 e. The fourth-order valence-electron chi connectivity index (χ4n) is 2.80. The van der Waals surface area contributed by atoms with Crippen molar-refractivity contribution in [1.29, 1.82) is 0 Å². The van der Waals surface area contributed by atoms with E-state index in [2.05, 4.69) is 10.4 Å². The minimum Gasteiger partial charge on any atom is -0.494 e. The number of nitrogens with zero attached hydrogens (tertiary/aromatic N) is 2. The minimum absolute atomic E-state index is 0.142. The quantitative estimate of drug-likeness (QED) is 0.637. The molecule has 0 aliphatic carbocycles. The third kappa shape index (κ3) is 5.75. The molecule has 0 spiro atoms. The van der Waals surface area contributed by atoms with Crippen LogP contribution in [-0.4, -0.2) is 28.8 Å². The lowest BCUT2D eigenvalue weighted by Gasteiger charge is -2.09. The van der Waals surface area contributed by atoms with E-state index in [0.717, 1.165) is 11.3 Å². The second-order valence-electron chi connectivity index (χ2n) is 6.39. The fraction of sp³-hybridized carbons (Fsp3) is 0.227. The summed E-state index contributed by atoms with van der Waals surface area (Å²) in [4.78, 5) is 24.2. The van der Waals surface area contributed by atoms with E-state index in [4.69, 9.17) is 4.74 Å². The molecule has 1 aromatic heterocycles. The molecule has 0 fully saturated rings. The predicted octanol–water partition coefficient (Wildman–Crippen LogP) is 2.81. The first-order valence-corrected chi connectivity index (χ1v) is 9.37. The summed E-state index contributed by atoms with van der Waals surface area (Å²) in [7, 11) is 0. The molecule has 6 nitrogen and oxygen atoms in total. The Morgan fingerprint density at radius 3 is 2.48 bits per heavy atom. The Morgan fingerprint density at radius 1 is 1.07 bits per heavy atom. The van der Waals surface area contributed by atoms with Crippen molar-refractivity contribution in [2.75, 3.05) is 13.2 Å². The number of nitrogens with one attached hydrogen (secondary N) is 1. The van der Waals surface area contributed by atoms with Gasteiger partial charge in [0.2, 0.25) is 5.91 Å². The molecule has 3 aromatic rings. The molecule has 0 radical (unpaired) electrons. The molecule has 150 valence electrons. The van der Waals surface area contributed by atoms with Gasteiger partial charge in [-0.15, -0.1) is 0 Å². The Hall–Kier alpha value is -3.48. The Kier molecular flexibility index (Phi) is 6.73. The Labute approximate surface area is 168 Å². The van der Waals surface area contributed by atoms with Gasteiger partial charge in [0.25, 0.3) is 5.56 Å². The summed E-state index contributed by atoms with van der Waals surface area (Å²) < 4.78 is 19.7. The van der Waals surface area contributed by atoms with Crippen molar-refractivity contribution in [3.8, 4) is 17.0 Å². The molecule has 1 amide bonds. The van der Waals surface area contributed by atoms with E-state index in [1.165, 1.54) is 22.9 Å². The molecule has 7 heteroatoms. The summed E-state index contributed by atoms with van der Waals surface area (Å²) in [6.45, 7) is 3.02. The van der Waals surface area contributed by atoms with Gasteiger partial charge in [0.15, 0.2) is 0 Å². The van der Waals surface area contributed by atoms with Gasteiger partial charge in [-0.3, -0.25) is 9.59 Å². The van der Waals surface area contributed by atoms with E-state index in [9.17, 15) is 14.0 Å². The van der Waals surface area contributed by atoms with E-state index < -0.39 is 0 Å². The lowest BCUT2D eigenvalue weighted by atomic mass is 10.1. The van der Waals surface area contributed by atoms with Crippen LogP contribution in [0.2, 0.25) is 0 Å². The highest BCUT2D eigenvalue weighted by Crippen LogP contribution is 2.15. The zero-order valence-corrected chi connectivity index (χ0v) is 16.1. The summed E-state index contributed by atoms with van der Waals surface area (Å²) in [5.74, 6) is 0.289. The van der Waals surface area contributed by atoms with Crippen LogP contribution in [0.25, 0.3) is 11.3 Å². The Morgan fingerprint density at radius 2 is 1.79 bits per heavy atom. The second-order valence-corrected chi connectivity index (χ2v) is 6.39. The number of halogens is 1. The summed E-state index contributed by atoms with van der Waals surface area (Å²) in [6.07, 6.45) is 0.240. The van der Waals surface area contributed by atoms with Crippen LogP contribution >= 0.6 is 0 Å². The van der Waals surface area contributed by atoms with Gasteiger partial charge in [0.05, 0.1) is 25.3 Å². The lowest BCUT2D eigenvalue weighted by Crippen LogP contribution is -2.32. The van der Waals surface area contributed by atoms with Crippen molar-refractivity contribution >= 4 is 5.91 Å². The van der Waals surface area contributed by atoms with Crippen LogP contribution < -0.4 is 15.6 Å². The van der Waals surface area contributed by atoms with Crippen LogP contribution in [0.5, 0.6) is 5.75 Å². The molecule has 0 unspecified atom stereocenters. The maximum Gasteiger partial charge on any atom is 0.266 e. The summed E-state index contributed by atoms with van der Waals surface area (Å²) in [5, 5.41) is 7.09. The Balaban J connectivity index is 1.55. The monoisotopic (exact) mass is 395 g/mol. The number of carbonyl (C=O) groups excluding carboxylic acids is 1. The molecular weight excluding hydrogens is 373 g/mol. The molecule has 0 atom stereocenters. The van der Waals surface area contributed by atoms with Crippen LogP contribution in [0.1, 0.15) is 12.5 Å². The minimum atomic E-state index is -0.336. The number of ether oxygens (including phenoxy) is 1. The van der Waals surface area contributed by atoms with E-state index in [1.54, 1.807) is 18.2 Å². The number of amides is 1. The number of hydrogen-bond acceptors (Lipinski definition) is 4. The normalized spacial score (nSPS) is 10.6. The molecule has 1 N–H and O–H groups in total. The molecular formula is C22H22FN3O3. The van der Waals surface area contributed by atoms with Gasteiger partial charge in [-0.1, -0.05) is 12.1 Å². The van der Waals surface area contributed by atoms with Crippen molar-refractivity contribution < 1.29 is 13.9 Å². The number of carbonyl (C=O) groups is 1. The van der Waals surface area contributed by atoms with Gasteiger partial charge in [-0.05, 0) is 55.0 Å². The Bertz CT molecular complexity index is 1010. The number of benzene rings is 2. The van der Waals surface area contributed by atoms with Gasteiger partial charge >= 0.3 is 0 Å². The zero-order chi connectivity index (χ0) is 20.6. The maximum atomic E-state index is 13.1. The number of rotatable bonds is 8. The fourth-order valence-corrected chi connectivity index (χ4v) is 2.80. The number of hydrogen-bond donors (Lipinski definition) is 1. The molecule has 0 bridgehead atoms. The molecule has 29 heavy (non-hydrogen) atoms. The average molecular weight is 395 g/mol. The van der Waals surface area contributed by atoms with Crippen LogP contribution in [-0.2, 0) is 17.8 Å². The van der Waals surface area contributed by atoms with Gasteiger partial charge in [-0.25, -0.2) is 9.07 Å². The van der Waals surface area contributed by atoms with Gasteiger partial charge in [0, 0.05) is 18.2 Å². The maximum absolute atomic E-state index is 13.1. The molecule has 3 rings (SSSR count). The molecule has 0 aliphatic rings. The standard InChI is InChI=1S/C22H22FN3O3/c1-2-29-19-9-3-16(4-10-19)15-21(27)24-13-14-26-22(28)12-11-20(25-26)17-5-7-18(23)8-6-17/h3-12H,2,13-15H2,1H3,(H,24,27). The lowest BCUT2D eigenvalue weighted by molar-refractivity contribution is -0.120. The van der Waals surface area contributed by atoms with Crippen molar-refractivity contribution in [3.63, 3.8) is 0 Å². The highest BCUT2D eigenvalue weighted by atomic mass is 19.1. The van der Waals surface area contributed by atoms with Crippen LogP contribution in [0, 0.1) is 5.82 Å². The SMILES string of the molecule is CCOc1ccc(CC(=O)NCCn2nc(-c3ccc(F)cc3)ccc2=O)cc1. The third-order valence-corrected chi connectivity index (χ3v) is 4.25. The van der Waals surface area contributed by atoms with Gasteiger partial charge in [-0.2, -0.15) is 5.10 Å². The highest BCUT2D eigenvalue weighted by molar-refractivity contribution is 5.78. The van der Waals surface area contributed by atoms with E-state index in [1.807, 2.05) is 31.2 Å². The van der Waals surface area contributed by atoms with Crippen LogP contribution in [0.15, 0.2) is 65.5 Å². The van der Waals surface area contributed by atoms with Crippen molar-refractivity contribution in [2.24, 2.45) is 0 Å². The van der Waals surface area contributed by atoms with Crippen LogP contribution in [0.3, 0.4) is 0 Å². The van der Waals surface area contributed by atoms with Crippen molar-refractivity contribution in [1.82, 2.24) is 15.1 Å². The molecule has 0 saturated heterocycles. The highest BCUT2D eigenvalue weighted by Gasteiger charge is 2.06. The predicted molar refractivity (Wildman–Crippen MR) is 108 cm³/mol. The first kappa shape index (κ1) is 20.3. The average Bonchev–Trinajstić information content (AvgIpc) is 2.72. The van der Waals surface area contributed by atoms with E-state index >= 15 is 0 Å². The summed E-state index contributed by atoms with van der Waals surface area (Å²) >= 11 is 0. The smallest absolute Gasteiger partial charge is 0.266 e. The molecule has 2 aromatic carbocycles. The first-order valence-electron chi connectivity index (χ1n) is 9.37. The van der Waals surface area contributed by atoms with E-state index in [-0.39, 0.29) is 36.8 Å². The number of aromatic nitrogens is 2. The summed E-state index contributed by atoms with van der Waals surface area (Å²) in [5.41, 5.74) is 1.88. The summed E-state index contributed by atoms with van der Waals surface area (Å²) in [6, 6.07) is 16.3. The zero-order valence-electron chi connectivity index (χ0n) is 16.1. The topological polar surface area (TPSA) is 73.2 Å².